The van der Waals surface area contributed by atoms with Crippen molar-refractivity contribution in [1.82, 2.24) is 4.90 Å². The van der Waals surface area contributed by atoms with Crippen molar-refractivity contribution in [3.63, 3.8) is 0 Å². The van der Waals surface area contributed by atoms with Crippen molar-refractivity contribution >= 4 is 12.1 Å². The molecule has 56 valence electrons. The molecule has 1 aliphatic rings. The molecule has 1 rings (SSSR count). The van der Waals surface area contributed by atoms with Crippen molar-refractivity contribution in [2.45, 2.75) is 0 Å². The van der Waals surface area contributed by atoms with Gasteiger partial charge in [-0.3, -0.25) is 4.79 Å². The molecule has 4 nitrogen and oxygen atoms in total. The van der Waals surface area contributed by atoms with Crippen LogP contribution in [0.25, 0.3) is 0 Å². The second kappa shape index (κ2) is 2.24. The molecule has 0 radical (unpaired) electrons. The summed E-state index contributed by atoms with van der Waals surface area (Å²) in [6, 6.07) is -1.42. The van der Waals surface area contributed by atoms with Crippen molar-refractivity contribution < 1.29 is 19.1 Å². The quantitative estimate of drug-likeness (QED) is 0.535. The number of halogens is 1. The third kappa shape index (κ3) is 1.07. The molecular formula is C5H6FNO3. The summed E-state index contributed by atoms with van der Waals surface area (Å²) in [7, 11) is 0. The van der Waals surface area contributed by atoms with Gasteiger partial charge in [-0.1, -0.05) is 0 Å². The minimum Gasteiger partial charge on any atom is -0.465 e. The minimum absolute atomic E-state index is 0.00463. The van der Waals surface area contributed by atoms with E-state index in [1.807, 2.05) is 0 Å². The normalized spacial score (nSPS) is 18.3. The predicted molar refractivity (Wildman–Crippen MR) is 29.2 cm³/mol. The summed E-state index contributed by atoms with van der Waals surface area (Å²) in [5.41, 5.74) is 0. The number of likely N-dealkylation sites (tertiary alicyclic amines) is 1. The molecule has 1 saturated heterocycles. The van der Waals surface area contributed by atoms with Crippen molar-refractivity contribution in [2.24, 2.45) is 5.92 Å². The van der Waals surface area contributed by atoms with Gasteiger partial charge in [0.25, 0.3) is 0 Å². The summed E-state index contributed by atoms with van der Waals surface area (Å²) < 4.78 is 11.7. The third-order valence-corrected chi connectivity index (χ3v) is 1.47. The van der Waals surface area contributed by atoms with Crippen LogP contribution >= 0.6 is 0 Å². The predicted octanol–water partition coefficient (Wildman–Crippen LogP) is 0.0923. The monoisotopic (exact) mass is 147 g/mol. The average molecular weight is 147 g/mol. The Morgan fingerprint density at radius 3 is 2.30 bits per heavy atom. The lowest BCUT2D eigenvalue weighted by Crippen LogP contribution is -2.51. The minimum atomic E-state index is -1.42. The maximum absolute atomic E-state index is 11.7. The molecule has 1 aliphatic heterocycles. The highest BCUT2D eigenvalue weighted by Crippen LogP contribution is 2.16. The van der Waals surface area contributed by atoms with Crippen LogP contribution < -0.4 is 0 Å². The maximum Gasteiger partial charge on any atom is 0.407 e. The molecule has 5 heteroatoms. The number of rotatable bonds is 1. The molecule has 0 bridgehead atoms. The summed E-state index contributed by atoms with van der Waals surface area (Å²) in [5.74, 6) is -0.712. The first-order chi connectivity index (χ1) is 4.61. The summed E-state index contributed by atoms with van der Waals surface area (Å²) in [4.78, 5) is 20.9. The highest BCUT2D eigenvalue weighted by Gasteiger charge is 2.35. The summed E-state index contributed by atoms with van der Waals surface area (Å²) in [6.07, 6.45) is -1.10. The largest absolute Gasteiger partial charge is 0.465 e. The van der Waals surface area contributed by atoms with Crippen LogP contribution in [0, 0.1) is 5.92 Å². The van der Waals surface area contributed by atoms with Gasteiger partial charge in [0.1, 0.15) is 0 Å². The van der Waals surface area contributed by atoms with Gasteiger partial charge >= 0.3 is 12.1 Å². The lowest BCUT2D eigenvalue weighted by Gasteiger charge is -2.33. The second-order valence-electron chi connectivity index (χ2n) is 2.19. The van der Waals surface area contributed by atoms with E-state index >= 15 is 0 Å². The van der Waals surface area contributed by atoms with Crippen LogP contribution in [0.4, 0.5) is 9.18 Å². The highest BCUT2D eigenvalue weighted by atomic mass is 19.1. The number of hydrogen-bond acceptors (Lipinski definition) is 2. The first-order valence-electron chi connectivity index (χ1n) is 2.78. The van der Waals surface area contributed by atoms with Crippen LogP contribution in [0.2, 0.25) is 0 Å². The molecular weight excluding hydrogens is 141 g/mol. The van der Waals surface area contributed by atoms with E-state index in [0.29, 0.717) is 0 Å². The fraction of sp³-hybridized carbons (Fsp3) is 0.600. The molecule has 1 fully saturated rings. The van der Waals surface area contributed by atoms with E-state index in [0.717, 1.165) is 4.90 Å². The molecule has 10 heavy (non-hydrogen) atoms. The number of carbonyl (C=O) groups excluding carboxylic acids is 1. The van der Waals surface area contributed by atoms with E-state index in [9.17, 15) is 14.0 Å². The molecule has 0 atom stereocenters. The van der Waals surface area contributed by atoms with Crippen molar-refractivity contribution in [3.05, 3.63) is 0 Å². The van der Waals surface area contributed by atoms with Gasteiger partial charge in [0.15, 0.2) is 0 Å². The van der Waals surface area contributed by atoms with Gasteiger partial charge in [-0.05, 0) is 0 Å². The van der Waals surface area contributed by atoms with Crippen molar-refractivity contribution in [3.8, 4) is 0 Å². The fourth-order valence-corrected chi connectivity index (χ4v) is 0.778. The first kappa shape index (κ1) is 6.98. The number of carbonyl (C=O) groups is 2. The first-order valence-corrected chi connectivity index (χ1v) is 2.78. The standard InChI is InChI=1S/C5H6FNO3/c6-4(8)3-1-7(2-3)5(9)10/h3H,1-2H2,(H,9,10). The van der Waals surface area contributed by atoms with Crippen molar-refractivity contribution in [2.75, 3.05) is 13.1 Å². The molecule has 0 aromatic carbocycles. The Hall–Kier alpha value is -1.13. The Balaban J connectivity index is 2.31. The van der Waals surface area contributed by atoms with Gasteiger partial charge in [0.2, 0.25) is 0 Å². The van der Waals surface area contributed by atoms with Crippen LogP contribution in [0.15, 0.2) is 0 Å². The van der Waals surface area contributed by atoms with Gasteiger partial charge in [-0.25, -0.2) is 4.79 Å². The SMILES string of the molecule is O=C(F)C1CN(C(=O)O)C1. The Morgan fingerprint density at radius 2 is 2.00 bits per heavy atom. The Labute approximate surface area is 56.2 Å². The third-order valence-electron chi connectivity index (χ3n) is 1.47. The highest BCUT2D eigenvalue weighted by molar-refractivity contribution is 5.76. The molecule has 1 heterocycles. The summed E-state index contributed by atoms with van der Waals surface area (Å²) in [6.45, 7) is 0.00926. The topological polar surface area (TPSA) is 57.6 Å². The maximum atomic E-state index is 11.7. The van der Waals surface area contributed by atoms with Gasteiger partial charge < -0.3 is 10.0 Å². The fourth-order valence-electron chi connectivity index (χ4n) is 0.778. The molecule has 0 aromatic rings. The summed E-state index contributed by atoms with van der Waals surface area (Å²) >= 11 is 0. The molecule has 0 aliphatic carbocycles. The number of nitrogens with zero attached hydrogens (tertiary/aromatic N) is 1. The molecule has 1 N–H and O–H groups in total. The van der Waals surface area contributed by atoms with Crippen LogP contribution in [0.5, 0.6) is 0 Å². The van der Waals surface area contributed by atoms with Gasteiger partial charge in [-0.2, -0.15) is 4.39 Å². The second-order valence-corrected chi connectivity index (χ2v) is 2.19. The van der Waals surface area contributed by atoms with E-state index < -0.39 is 18.0 Å². The zero-order chi connectivity index (χ0) is 7.72. The van der Waals surface area contributed by atoms with E-state index in [1.165, 1.54) is 0 Å². The molecule has 0 spiro atoms. The zero-order valence-electron chi connectivity index (χ0n) is 5.08. The zero-order valence-corrected chi connectivity index (χ0v) is 5.08. The Morgan fingerprint density at radius 1 is 1.50 bits per heavy atom. The summed E-state index contributed by atoms with van der Waals surface area (Å²) in [5, 5.41) is 8.22. The van der Waals surface area contributed by atoms with Crippen LogP contribution in [-0.2, 0) is 4.79 Å². The molecule has 0 saturated carbocycles. The smallest absolute Gasteiger partial charge is 0.407 e. The van der Waals surface area contributed by atoms with Crippen LogP contribution in [0.3, 0.4) is 0 Å². The van der Waals surface area contributed by atoms with Crippen molar-refractivity contribution in [1.29, 1.82) is 0 Å². The van der Waals surface area contributed by atoms with E-state index in [1.54, 1.807) is 0 Å². The molecule has 0 unspecified atom stereocenters. The number of hydrogen-bond donors (Lipinski definition) is 1. The van der Waals surface area contributed by atoms with Gasteiger partial charge in [0.05, 0.1) is 5.92 Å². The van der Waals surface area contributed by atoms with E-state index in [2.05, 4.69) is 0 Å². The Kier molecular flexibility index (Phi) is 1.57. The van der Waals surface area contributed by atoms with E-state index in [4.69, 9.17) is 5.11 Å². The van der Waals surface area contributed by atoms with Gasteiger partial charge in [-0.15, -0.1) is 0 Å². The van der Waals surface area contributed by atoms with Crippen LogP contribution in [-0.4, -0.2) is 35.2 Å². The number of amides is 1. The lowest BCUT2D eigenvalue weighted by molar-refractivity contribution is -0.138. The van der Waals surface area contributed by atoms with Gasteiger partial charge in [0, 0.05) is 13.1 Å². The molecule has 0 aromatic heterocycles. The Bertz CT molecular complexity index is 158. The lowest BCUT2D eigenvalue weighted by atomic mass is 10.0. The average Bonchev–Trinajstić information content (AvgIpc) is 1.56. The number of carboxylic acid groups (broad SMARTS) is 1. The molecule has 1 amide bonds. The van der Waals surface area contributed by atoms with Crippen LogP contribution in [0.1, 0.15) is 0 Å². The van der Waals surface area contributed by atoms with E-state index in [-0.39, 0.29) is 13.1 Å².